The summed E-state index contributed by atoms with van der Waals surface area (Å²) in [6, 6.07) is 9.25. The number of anilines is 1. The van der Waals surface area contributed by atoms with Crippen LogP contribution in [0.15, 0.2) is 24.3 Å². The van der Waals surface area contributed by atoms with E-state index in [0.29, 0.717) is 5.41 Å². The zero-order valence-corrected chi connectivity index (χ0v) is 13.4. The monoisotopic (exact) mass is 301 g/mol. The van der Waals surface area contributed by atoms with Gasteiger partial charge in [0.05, 0.1) is 13.2 Å². The van der Waals surface area contributed by atoms with E-state index in [0.717, 1.165) is 32.8 Å². The van der Waals surface area contributed by atoms with Crippen LogP contribution >= 0.6 is 0 Å². The van der Waals surface area contributed by atoms with Gasteiger partial charge in [-0.05, 0) is 37.1 Å². The second kappa shape index (κ2) is 6.19. The molecule has 0 aliphatic carbocycles. The van der Waals surface area contributed by atoms with Gasteiger partial charge in [0, 0.05) is 50.4 Å². The summed E-state index contributed by atoms with van der Waals surface area (Å²) < 4.78 is 5.42. The number of ether oxygens (including phenoxy) is 1. The third-order valence-corrected chi connectivity index (χ3v) is 5.58. The molecule has 3 aliphatic rings. The summed E-state index contributed by atoms with van der Waals surface area (Å²) in [4.78, 5) is 5.05. The minimum absolute atomic E-state index is 0.548. The van der Waals surface area contributed by atoms with Crippen molar-refractivity contribution in [2.75, 3.05) is 57.4 Å². The molecule has 0 radical (unpaired) electrons. The van der Waals surface area contributed by atoms with Crippen molar-refractivity contribution in [3.63, 3.8) is 0 Å². The Morgan fingerprint density at radius 3 is 2.59 bits per heavy atom. The molecule has 4 heteroatoms. The van der Waals surface area contributed by atoms with Gasteiger partial charge in [0.15, 0.2) is 0 Å². The molecule has 3 aliphatic heterocycles. The van der Waals surface area contributed by atoms with Crippen LogP contribution in [0.4, 0.5) is 5.69 Å². The van der Waals surface area contributed by atoms with E-state index in [2.05, 4.69) is 39.4 Å². The summed E-state index contributed by atoms with van der Waals surface area (Å²) in [7, 11) is 0. The van der Waals surface area contributed by atoms with Crippen molar-refractivity contribution < 1.29 is 4.74 Å². The first-order chi connectivity index (χ1) is 10.8. The van der Waals surface area contributed by atoms with Gasteiger partial charge in [0.1, 0.15) is 0 Å². The molecular formula is C18H27N3O. The molecule has 120 valence electrons. The predicted octanol–water partition coefficient (Wildman–Crippen LogP) is 1.71. The number of morpholine rings is 1. The first-order valence-electron chi connectivity index (χ1n) is 8.68. The van der Waals surface area contributed by atoms with Crippen molar-refractivity contribution in [3.05, 3.63) is 29.8 Å². The molecule has 0 saturated carbocycles. The van der Waals surface area contributed by atoms with E-state index in [4.69, 9.17) is 4.74 Å². The molecule has 1 aromatic rings. The topological polar surface area (TPSA) is 27.7 Å². The third kappa shape index (κ3) is 3.00. The van der Waals surface area contributed by atoms with E-state index in [1.54, 1.807) is 0 Å². The molecular weight excluding hydrogens is 274 g/mol. The Morgan fingerprint density at radius 2 is 1.86 bits per heavy atom. The molecule has 1 aromatic carbocycles. The molecule has 0 amide bonds. The molecule has 1 N–H and O–H groups in total. The highest BCUT2D eigenvalue weighted by molar-refractivity contribution is 5.49. The van der Waals surface area contributed by atoms with E-state index in [1.165, 1.54) is 50.3 Å². The van der Waals surface area contributed by atoms with Gasteiger partial charge < -0.3 is 15.0 Å². The van der Waals surface area contributed by atoms with Crippen LogP contribution in [-0.2, 0) is 11.3 Å². The first-order valence-corrected chi connectivity index (χ1v) is 8.68. The van der Waals surface area contributed by atoms with Gasteiger partial charge in [0.25, 0.3) is 0 Å². The van der Waals surface area contributed by atoms with E-state index >= 15 is 0 Å². The van der Waals surface area contributed by atoms with Crippen molar-refractivity contribution in [2.24, 2.45) is 5.41 Å². The molecule has 3 fully saturated rings. The minimum atomic E-state index is 0.548. The van der Waals surface area contributed by atoms with Gasteiger partial charge in [-0.1, -0.05) is 12.1 Å². The van der Waals surface area contributed by atoms with Crippen molar-refractivity contribution in [2.45, 2.75) is 19.4 Å². The van der Waals surface area contributed by atoms with Gasteiger partial charge in [0.2, 0.25) is 0 Å². The zero-order chi connectivity index (χ0) is 14.8. The first kappa shape index (κ1) is 14.5. The van der Waals surface area contributed by atoms with Crippen LogP contribution in [0.2, 0.25) is 0 Å². The number of hydrogen-bond donors (Lipinski definition) is 1. The van der Waals surface area contributed by atoms with Gasteiger partial charge in [-0.2, -0.15) is 0 Å². The van der Waals surface area contributed by atoms with Crippen molar-refractivity contribution in [1.82, 2.24) is 10.2 Å². The number of hydrogen-bond acceptors (Lipinski definition) is 4. The van der Waals surface area contributed by atoms with Crippen molar-refractivity contribution >= 4 is 5.69 Å². The fourth-order valence-corrected chi connectivity index (χ4v) is 4.13. The van der Waals surface area contributed by atoms with Crippen molar-refractivity contribution in [1.29, 1.82) is 0 Å². The lowest BCUT2D eigenvalue weighted by atomic mass is 9.86. The van der Waals surface area contributed by atoms with E-state index in [1.807, 2.05) is 0 Å². The van der Waals surface area contributed by atoms with Crippen LogP contribution in [0.3, 0.4) is 0 Å². The lowest BCUT2D eigenvalue weighted by molar-refractivity contribution is 0.0342. The quantitative estimate of drug-likeness (QED) is 0.920. The molecule has 0 bridgehead atoms. The molecule has 1 spiro atoms. The predicted molar refractivity (Wildman–Crippen MR) is 89.3 cm³/mol. The lowest BCUT2D eigenvalue weighted by Crippen LogP contribution is -2.35. The van der Waals surface area contributed by atoms with Crippen LogP contribution in [0, 0.1) is 5.41 Å². The highest BCUT2D eigenvalue weighted by Gasteiger charge is 2.40. The summed E-state index contributed by atoms with van der Waals surface area (Å²) in [6.07, 6.45) is 2.69. The van der Waals surface area contributed by atoms with E-state index in [9.17, 15) is 0 Å². The zero-order valence-electron chi connectivity index (χ0n) is 13.4. The van der Waals surface area contributed by atoms with Gasteiger partial charge in [-0.15, -0.1) is 0 Å². The second-order valence-corrected chi connectivity index (χ2v) is 7.15. The molecule has 22 heavy (non-hydrogen) atoms. The number of nitrogens with one attached hydrogen (secondary N) is 1. The summed E-state index contributed by atoms with van der Waals surface area (Å²) in [5, 5.41) is 3.54. The van der Waals surface area contributed by atoms with Crippen LogP contribution in [0.1, 0.15) is 18.4 Å². The summed E-state index contributed by atoms with van der Waals surface area (Å²) in [6.45, 7) is 9.77. The van der Waals surface area contributed by atoms with Crippen molar-refractivity contribution in [3.8, 4) is 0 Å². The molecule has 4 rings (SSSR count). The largest absolute Gasteiger partial charge is 0.379 e. The Hall–Kier alpha value is -1.10. The molecule has 3 heterocycles. The Bertz CT molecular complexity index is 490. The minimum Gasteiger partial charge on any atom is -0.379 e. The van der Waals surface area contributed by atoms with Gasteiger partial charge in [-0.3, -0.25) is 4.90 Å². The summed E-state index contributed by atoms with van der Waals surface area (Å²) >= 11 is 0. The maximum absolute atomic E-state index is 5.42. The molecule has 1 atom stereocenters. The Labute approximate surface area is 133 Å². The Kier molecular flexibility index (Phi) is 4.07. The molecule has 3 saturated heterocycles. The Balaban J connectivity index is 1.37. The maximum atomic E-state index is 5.42. The highest BCUT2D eigenvalue weighted by Crippen LogP contribution is 2.38. The molecule has 4 nitrogen and oxygen atoms in total. The van der Waals surface area contributed by atoms with Gasteiger partial charge >= 0.3 is 0 Å². The van der Waals surface area contributed by atoms with Crippen LogP contribution in [0.5, 0.6) is 0 Å². The lowest BCUT2D eigenvalue weighted by Gasteiger charge is -2.27. The standard InChI is InChI=1S/C18H27N3O/c1-3-17(21-8-6-18(15-21)5-7-19-14-18)4-2-16(1)13-20-9-11-22-12-10-20/h1-4,19H,5-15H2. The van der Waals surface area contributed by atoms with Crippen LogP contribution in [0.25, 0.3) is 0 Å². The smallest absolute Gasteiger partial charge is 0.0594 e. The Morgan fingerprint density at radius 1 is 1.05 bits per heavy atom. The number of benzene rings is 1. The average molecular weight is 301 g/mol. The second-order valence-electron chi connectivity index (χ2n) is 7.15. The summed E-state index contributed by atoms with van der Waals surface area (Å²) in [5.74, 6) is 0. The summed E-state index contributed by atoms with van der Waals surface area (Å²) in [5.41, 5.74) is 3.36. The average Bonchev–Trinajstić information content (AvgIpc) is 3.20. The fraction of sp³-hybridized carbons (Fsp3) is 0.667. The van der Waals surface area contributed by atoms with Crippen LogP contribution < -0.4 is 10.2 Å². The third-order valence-electron chi connectivity index (χ3n) is 5.58. The number of nitrogens with zero attached hydrogens (tertiary/aromatic N) is 2. The van der Waals surface area contributed by atoms with E-state index in [-0.39, 0.29) is 0 Å². The molecule has 0 aromatic heterocycles. The highest BCUT2D eigenvalue weighted by atomic mass is 16.5. The van der Waals surface area contributed by atoms with Gasteiger partial charge in [-0.25, -0.2) is 0 Å². The normalized spacial score (nSPS) is 29.5. The SMILES string of the molecule is c1cc(N2CCC3(CCNC3)C2)ccc1CN1CCOCC1. The van der Waals surface area contributed by atoms with Crippen LogP contribution in [-0.4, -0.2) is 57.4 Å². The molecule has 1 unspecified atom stereocenters. The number of rotatable bonds is 3. The van der Waals surface area contributed by atoms with E-state index < -0.39 is 0 Å². The maximum Gasteiger partial charge on any atom is 0.0594 e. The fourth-order valence-electron chi connectivity index (χ4n) is 4.13.